The van der Waals surface area contributed by atoms with Gasteiger partial charge in [-0.2, -0.15) is 5.10 Å². The van der Waals surface area contributed by atoms with Crippen molar-refractivity contribution < 1.29 is 5.11 Å². The summed E-state index contributed by atoms with van der Waals surface area (Å²) in [5.74, 6) is 0. The molecule has 4 heteroatoms. The summed E-state index contributed by atoms with van der Waals surface area (Å²) in [4.78, 5) is 0. The van der Waals surface area contributed by atoms with Crippen LogP contribution in [0.25, 0.3) is 5.69 Å². The number of aliphatic hydroxyl groups is 1. The largest absolute Gasteiger partial charge is 0.391 e. The summed E-state index contributed by atoms with van der Waals surface area (Å²) >= 11 is 0. The molecule has 0 spiro atoms. The Bertz CT molecular complexity index is 753. The summed E-state index contributed by atoms with van der Waals surface area (Å²) in [7, 11) is 0. The van der Waals surface area contributed by atoms with Crippen molar-refractivity contribution in [2.45, 2.75) is 26.0 Å². The van der Waals surface area contributed by atoms with E-state index in [4.69, 9.17) is 0 Å². The van der Waals surface area contributed by atoms with E-state index < -0.39 is 6.10 Å². The number of aliphatic hydroxyl groups excluding tert-OH is 1. The quantitative estimate of drug-likeness (QED) is 0.703. The molecular formula is C20H23N3O. The van der Waals surface area contributed by atoms with Crippen LogP contribution in [0, 0.1) is 6.92 Å². The second-order valence-electron chi connectivity index (χ2n) is 5.99. The van der Waals surface area contributed by atoms with Gasteiger partial charge in [-0.1, -0.05) is 48.5 Å². The maximum absolute atomic E-state index is 10.1. The molecule has 0 saturated heterocycles. The molecule has 124 valence electrons. The number of nitrogens with zero attached hydrogens (tertiary/aromatic N) is 2. The zero-order chi connectivity index (χ0) is 16.8. The van der Waals surface area contributed by atoms with Crippen LogP contribution in [-0.4, -0.2) is 27.5 Å². The van der Waals surface area contributed by atoms with Gasteiger partial charge in [0.05, 0.1) is 17.5 Å². The van der Waals surface area contributed by atoms with Crippen LogP contribution in [0.2, 0.25) is 0 Å². The second-order valence-corrected chi connectivity index (χ2v) is 5.99. The Labute approximate surface area is 142 Å². The number of aryl methyl sites for hydroxylation is 1. The second kappa shape index (κ2) is 7.90. The van der Waals surface area contributed by atoms with E-state index in [1.54, 1.807) is 0 Å². The van der Waals surface area contributed by atoms with Crippen molar-refractivity contribution in [3.8, 4) is 5.69 Å². The minimum absolute atomic E-state index is 0.392. The Morgan fingerprint density at radius 3 is 2.42 bits per heavy atom. The summed E-state index contributed by atoms with van der Waals surface area (Å²) in [5.41, 5.74) is 4.35. The highest BCUT2D eigenvalue weighted by molar-refractivity contribution is 5.32. The Morgan fingerprint density at radius 2 is 1.71 bits per heavy atom. The Kier molecular flexibility index (Phi) is 5.41. The fourth-order valence-electron chi connectivity index (χ4n) is 2.71. The van der Waals surface area contributed by atoms with E-state index in [0.29, 0.717) is 19.5 Å². The molecule has 24 heavy (non-hydrogen) atoms. The predicted octanol–water partition coefficient (Wildman–Crippen LogP) is 2.87. The highest BCUT2D eigenvalue weighted by atomic mass is 16.3. The first-order chi connectivity index (χ1) is 11.7. The van der Waals surface area contributed by atoms with Gasteiger partial charge in [0.25, 0.3) is 0 Å². The maximum atomic E-state index is 10.1. The van der Waals surface area contributed by atoms with Crippen molar-refractivity contribution >= 4 is 0 Å². The molecule has 2 aromatic carbocycles. The van der Waals surface area contributed by atoms with E-state index in [2.05, 4.69) is 10.4 Å². The number of rotatable bonds is 7. The van der Waals surface area contributed by atoms with Crippen LogP contribution in [0.4, 0.5) is 0 Å². The SMILES string of the molecule is Cc1nn(-c2ccccc2)cc1CNCC(O)Cc1ccccc1. The fourth-order valence-corrected chi connectivity index (χ4v) is 2.71. The topological polar surface area (TPSA) is 50.1 Å². The van der Waals surface area contributed by atoms with Crippen LogP contribution in [0.15, 0.2) is 66.9 Å². The Morgan fingerprint density at radius 1 is 1.04 bits per heavy atom. The molecule has 0 fully saturated rings. The van der Waals surface area contributed by atoms with Crippen LogP contribution < -0.4 is 5.32 Å². The molecule has 0 bridgehead atoms. The minimum Gasteiger partial charge on any atom is -0.391 e. The summed E-state index contributed by atoms with van der Waals surface area (Å²) in [5, 5.41) is 18.0. The molecule has 3 aromatic rings. The van der Waals surface area contributed by atoms with Crippen molar-refractivity contribution in [3.05, 3.63) is 83.7 Å². The minimum atomic E-state index is -0.392. The molecule has 2 N–H and O–H groups in total. The first kappa shape index (κ1) is 16.4. The number of aromatic nitrogens is 2. The molecule has 0 amide bonds. The van der Waals surface area contributed by atoms with Gasteiger partial charge in [-0.15, -0.1) is 0 Å². The van der Waals surface area contributed by atoms with Gasteiger partial charge in [-0.25, -0.2) is 4.68 Å². The zero-order valence-electron chi connectivity index (χ0n) is 13.9. The monoisotopic (exact) mass is 321 g/mol. The summed E-state index contributed by atoms with van der Waals surface area (Å²) in [6, 6.07) is 20.1. The van der Waals surface area contributed by atoms with Gasteiger partial charge in [-0.05, 0) is 31.0 Å². The number of nitrogens with one attached hydrogen (secondary N) is 1. The van der Waals surface area contributed by atoms with Crippen LogP contribution >= 0.6 is 0 Å². The molecule has 0 radical (unpaired) electrons. The predicted molar refractivity (Wildman–Crippen MR) is 96.2 cm³/mol. The Hall–Kier alpha value is -2.43. The lowest BCUT2D eigenvalue weighted by molar-refractivity contribution is 0.171. The van der Waals surface area contributed by atoms with Gasteiger partial charge in [-0.3, -0.25) is 0 Å². The van der Waals surface area contributed by atoms with Crippen LogP contribution in [0.5, 0.6) is 0 Å². The number of hydrogen-bond acceptors (Lipinski definition) is 3. The average Bonchev–Trinajstić information content (AvgIpc) is 2.98. The highest BCUT2D eigenvalue weighted by Gasteiger charge is 2.08. The maximum Gasteiger partial charge on any atom is 0.0704 e. The van der Waals surface area contributed by atoms with Crippen molar-refractivity contribution in [3.63, 3.8) is 0 Å². The zero-order valence-corrected chi connectivity index (χ0v) is 13.9. The van der Waals surface area contributed by atoms with Crippen molar-refractivity contribution in [1.82, 2.24) is 15.1 Å². The van der Waals surface area contributed by atoms with Crippen molar-refractivity contribution in [2.24, 2.45) is 0 Å². The third-order valence-corrected chi connectivity index (χ3v) is 4.03. The lowest BCUT2D eigenvalue weighted by atomic mass is 10.1. The summed E-state index contributed by atoms with van der Waals surface area (Å²) in [6.45, 7) is 3.27. The average molecular weight is 321 g/mol. The number of benzene rings is 2. The lowest BCUT2D eigenvalue weighted by Gasteiger charge is -2.11. The highest BCUT2D eigenvalue weighted by Crippen LogP contribution is 2.11. The molecule has 1 unspecified atom stereocenters. The first-order valence-electron chi connectivity index (χ1n) is 8.25. The third kappa shape index (κ3) is 4.31. The van der Waals surface area contributed by atoms with Crippen molar-refractivity contribution in [1.29, 1.82) is 0 Å². The van der Waals surface area contributed by atoms with Crippen LogP contribution in [0.1, 0.15) is 16.8 Å². The summed E-state index contributed by atoms with van der Waals surface area (Å²) < 4.78 is 1.90. The fraction of sp³-hybridized carbons (Fsp3) is 0.250. The molecule has 4 nitrogen and oxygen atoms in total. The molecular weight excluding hydrogens is 298 g/mol. The molecule has 1 aromatic heterocycles. The molecule has 0 aliphatic rings. The van der Waals surface area contributed by atoms with E-state index in [-0.39, 0.29) is 0 Å². The normalized spacial score (nSPS) is 12.2. The van der Waals surface area contributed by atoms with Crippen LogP contribution in [-0.2, 0) is 13.0 Å². The van der Waals surface area contributed by atoms with Gasteiger partial charge in [0.15, 0.2) is 0 Å². The smallest absolute Gasteiger partial charge is 0.0704 e. The summed E-state index contributed by atoms with van der Waals surface area (Å²) in [6.07, 6.45) is 2.31. The first-order valence-corrected chi connectivity index (χ1v) is 8.25. The molecule has 0 aliphatic heterocycles. The lowest BCUT2D eigenvalue weighted by Crippen LogP contribution is -2.28. The third-order valence-electron chi connectivity index (χ3n) is 4.03. The molecule has 3 rings (SSSR count). The Balaban J connectivity index is 1.53. The number of hydrogen-bond donors (Lipinski definition) is 2. The van der Waals surface area contributed by atoms with Crippen molar-refractivity contribution in [2.75, 3.05) is 6.54 Å². The molecule has 1 heterocycles. The molecule has 1 atom stereocenters. The molecule has 0 aliphatic carbocycles. The standard InChI is InChI=1S/C20H23N3O/c1-16-18(15-23(22-16)19-10-6-3-7-11-19)13-21-14-20(24)12-17-8-4-2-5-9-17/h2-11,15,20-21,24H,12-14H2,1H3. The van der Waals surface area contributed by atoms with Gasteiger partial charge in [0.2, 0.25) is 0 Å². The van der Waals surface area contributed by atoms with E-state index in [1.165, 1.54) is 0 Å². The van der Waals surface area contributed by atoms with Gasteiger partial charge in [0.1, 0.15) is 0 Å². The van der Waals surface area contributed by atoms with E-state index in [0.717, 1.165) is 22.5 Å². The number of para-hydroxylation sites is 1. The van der Waals surface area contributed by atoms with E-state index in [1.807, 2.05) is 78.5 Å². The van der Waals surface area contributed by atoms with Crippen LogP contribution in [0.3, 0.4) is 0 Å². The van der Waals surface area contributed by atoms with Gasteiger partial charge >= 0.3 is 0 Å². The van der Waals surface area contributed by atoms with E-state index in [9.17, 15) is 5.11 Å². The van der Waals surface area contributed by atoms with E-state index >= 15 is 0 Å². The van der Waals surface area contributed by atoms with Gasteiger partial charge < -0.3 is 10.4 Å². The van der Waals surface area contributed by atoms with Gasteiger partial charge in [0, 0.05) is 24.8 Å². The molecule has 0 saturated carbocycles.